The average Bonchev–Trinajstić information content (AvgIpc) is 2.23. The van der Waals surface area contributed by atoms with Gasteiger partial charge in [0.15, 0.2) is 0 Å². The zero-order chi connectivity index (χ0) is 12.8. The lowest BCUT2D eigenvalue weighted by atomic mass is 9.91. The molecular weight excluding hydrogens is 224 g/mol. The molecule has 7 heteroatoms. The third kappa shape index (κ3) is 1.72. The molecule has 1 aliphatic rings. The number of nitrogen functional groups attached to an aromatic ring is 1. The Kier molecular flexibility index (Phi) is 2.50. The molecule has 0 unspecified atom stereocenters. The van der Waals surface area contributed by atoms with Crippen molar-refractivity contribution in [2.75, 3.05) is 23.7 Å². The zero-order valence-electron chi connectivity index (χ0n) is 9.86. The highest BCUT2D eigenvalue weighted by Crippen LogP contribution is 2.29. The number of rotatable bonds is 2. The second kappa shape index (κ2) is 3.63. The summed E-state index contributed by atoms with van der Waals surface area (Å²) in [5, 5.41) is 9.89. The van der Waals surface area contributed by atoms with E-state index in [1.54, 1.807) is 4.90 Å². The van der Waals surface area contributed by atoms with Gasteiger partial charge < -0.3 is 15.7 Å². The van der Waals surface area contributed by atoms with Crippen LogP contribution in [0.4, 0.5) is 11.5 Å². The van der Waals surface area contributed by atoms with Gasteiger partial charge >= 0.3 is 5.69 Å². The summed E-state index contributed by atoms with van der Waals surface area (Å²) in [7, 11) is 1.49. The quantitative estimate of drug-likeness (QED) is 0.591. The van der Waals surface area contributed by atoms with E-state index in [1.165, 1.54) is 11.6 Å². The molecule has 17 heavy (non-hydrogen) atoms. The summed E-state index contributed by atoms with van der Waals surface area (Å²) in [6.45, 7) is 2.59. The summed E-state index contributed by atoms with van der Waals surface area (Å²) < 4.78 is 1.18. The first kappa shape index (κ1) is 11.7. The van der Waals surface area contributed by atoms with Crippen LogP contribution in [0, 0.1) is 0 Å². The SMILES string of the molecule is CCC1(O)CN(c2c(N)n(C)c(=O)[nH]c2=O)C1. The first-order valence-electron chi connectivity index (χ1n) is 5.44. The number of anilines is 2. The summed E-state index contributed by atoms with van der Waals surface area (Å²) in [5.74, 6) is 0.122. The minimum Gasteiger partial charge on any atom is -0.386 e. The zero-order valence-corrected chi connectivity index (χ0v) is 9.86. The van der Waals surface area contributed by atoms with E-state index in [9.17, 15) is 14.7 Å². The molecule has 1 aromatic rings. The minimum absolute atomic E-state index is 0.122. The number of hydrogen-bond donors (Lipinski definition) is 3. The molecule has 0 spiro atoms. The van der Waals surface area contributed by atoms with Crippen molar-refractivity contribution >= 4 is 11.5 Å². The molecule has 2 rings (SSSR count). The maximum Gasteiger partial charge on any atom is 0.329 e. The van der Waals surface area contributed by atoms with E-state index in [1.807, 2.05) is 6.92 Å². The van der Waals surface area contributed by atoms with Crippen LogP contribution in [0.25, 0.3) is 0 Å². The number of nitrogens with two attached hydrogens (primary N) is 1. The first-order valence-corrected chi connectivity index (χ1v) is 5.44. The van der Waals surface area contributed by atoms with Crippen molar-refractivity contribution < 1.29 is 5.11 Å². The van der Waals surface area contributed by atoms with Gasteiger partial charge in [0.1, 0.15) is 11.5 Å². The predicted molar refractivity (Wildman–Crippen MR) is 64.2 cm³/mol. The molecule has 7 nitrogen and oxygen atoms in total. The fourth-order valence-electron chi connectivity index (χ4n) is 1.98. The van der Waals surface area contributed by atoms with Crippen LogP contribution in [-0.2, 0) is 7.05 Å². The number of hydrogen-bond acceptors (Lipinski definition) is 5. The summed E-state index contributed by atoms with van der Waals surface area (Å²) >= 11 is 0. The van der Waals surface area contributed by atoms with E-state index in [-0.39, 0.29) is 11.5 Å². The molecule has 0 amide bonds. The molecule has 0 radical (unpaired) electrons. The Bertz CT molecular complexity index is 554. The molecule has 2 heterocycles. The molecule has 1 fully saturated rings. The van der Waals surface area contributed by atoms with Gasteiger partial charge in [-0.3, -0.25) is 14.3 Å². The molecule has 0 saturated carbocycles. The number of aromatic nitrogens is 2. The van der Waals surface area contributed by atoms with Gasteiger partial charge in [-0.25, -0.2) is 4.79 Å². The van der Waals surface area contributed by atoms with Crippen molar-refractivity contribution in [3.63, 3.8) is 0 Å². The normalized spacial score (nSPS) is 17.9. The van der Waals surface area contributed by atoms with E-state index in [0.29, 0.717) is 19.5 Å². The maximum absolute atomic E-state index is 11.7. The predicted octanol–water partition coefficient (Wildman–Crippen LogP) is -1.38. The fourth-order valence-corrected chi connectivity index (χ4v) is 1.98. The van der Waals surface area contributed by atoms with Crippen LogP contribution < -0.4 is 21.9 Å². The Morgan fingerprint density at radius 3 is 2.59 bits per heavy atom. The van der Waals surface area contributed by atoms with Gasteiger partial charge in [-0.2, -0.15) is 0 Å². The molecule has 1 aliphatic heterocycles. The van der Waals surface area contributed by atoms with Crippen molar-refractivity contribution in [1.29, 1.82) is 0 Å². The van der Waals surface area contributed by atoms with E-state index in [0.717, 1.165) is 0 Å². The maximum atomic E-state index is 11.7. The molecule has 0 atom stereocenters. The summed E-state index contributed by atoms with van der Waals surface area (Å²) in [4.78, 5) is 26.8. The number of aromatic amines is 1. The van der Waals surface area contributed by atoms with Crippen LogP contribution >= 0.6 is 0 Å². The Morgan fingerprint density at radius 2 is 2.06 bits per heavy atom. The Hall–Kier alpha value is -1.76. The highest BCUT2D eigenvalue weighted by Gasteiger charge is 2.41. The smallest absolute Gasteiger partial charge is 0.329 e. The van der Waals surface area contributed by atoms with Crippen LogP contribution in [0.5, 0.6) is 0 Å². The Morgan fingerprint density at radius 1 is 1.47 bits per heavy atom. The van der Waals surface area contributed by atoms with Gasteiger partial charge in [0.25, 0.3) is 5.56 Å². The average molecular weight is 240 g/mol. The number of nitrogens with one attached hydrogen (secondary N) is 1. The fraction of sp³-hybridized carbons (Fsp3) is 0.600. The van der Waals surface area contributed by atoms with Gasteiger partial charge in [0, 0.05) is 20.1 Å². The van der Waals surface area contributed by atoms with Crippen molar-refractivity contribution in [1.82, 2.24) is 9.55 Å². The lowest BCUT2D eigenvalue weighted by Gasteiger charge is -2.47. The van der Waals surface area contributed by atoms with Gasteiger partial charge in [-0.05, 0) is 6.42 Å². The van der Waals surface area contributed by atoms with Crippen LogP contribution in [0.15, 0.2) is 9.59 Å². The molecular formula is C10H16N4O3. The van der Waals surface area contributed by atoms with E-state index in [4.69, 9.17) is 5.73 Å². The van der Waals surface area contributed by atoms with Gasteiger partial charge in [-0.1, -0.05) is 6.92 Å². The molecule has 0 aromatic carbocycles. The number of β-amino-alcohol motifs (C(OH)–C–C–N with tert-alkyl or cyclic N) is 1. The van der Waals surface area contributed by atoms with Crippen LogP contribution in [-0.4, -0.2) is 33.3 Å². The van der Waals surface area contributed by atoms with Crippen LogP contribution in [0.1, 0.15) is 13.3 Å². The summed E-state index contributed by atoms with van der Waals surface area (Å²) in [6, 6.07) is 0. The van der Waals surface area contributed by atoms with Crippen molar-refractivity contribution in [3.05, 3.63) is 20.8 Å². The number of aliphatic hydroxyl groups is 1. The molecule has 1 saturated heterocycles. The molecule has 0 bridgehead atoms. The molecule has 0 aliphatic carbocycles. The summed E-state index contributed by atoms with van der Waals surface area (Å²) in [6.07, 6.45) is 0.618. The highest BCUT2D eigenvalue weighted by molar-refractivity contribution is 5.64. The van der Waals surface area contributed by atoms with E-state index >= 15 is 0 Å². The van der Waals surface area contributed by atoms with Gasteiger partial charge in [-0.15, -0.1) is 0 Å². The molecule has 1 aromatic heterocycles. The number of H-pyrrole nitrogens is 1. The Balaban J connectivity index is 2.40. The van der Waals surface area contributed by atoms with Crippen LogP contribution in [0.3, 0.4) is 0 Å². The highest BCUT2D eigenvalue weighted by atomic mass is 16.3. The minimum atomic E-state index is -0.756. The largest absolute Gasteiger partial charge is 0.386 e. The summed E-state index contributed by atoms with van der Waals surface area (Å²) in [5.41, 5.74) is 4.19. The van der Waals surface area contributed by atoms with Crippen molar-refractivity contribution in [2.24, 2.45) is 7.05 Å². The lowest BCUT2D eigenvalue weighted by molar-refractivity contribution is 0.00841. The van der Waals surface area contributed by atoms with Gasteiger partial charge in [0.2, 0.25) is 0 Å². The Labute approximate surface area is 97.5 Å². The molecule has 4 N–H and O–H groups in total. The van der Waals surface area contributed by atoms with Crippen molar-refractivity contribution in [2.45, 2.75) is 18.9 Å². The lowest BCUT2D eigenvalue weighted by Crippen LogP contribution is -2.63. The van der Waals surface area contributed by atoms with Gasteiger partial charge in [0.05, 0.1) is 5.60 Å². The van der Waals surface area contributed by atoms with E-state index in [2.05, 4.69) is 4.98 Å². The third-order valence-corrected chi connectivity index (χ3v) is 3.29. The standard InChI is InChI=1S/C10H16N4O3/c1-3-10(17)4-14(5-10)6-7(11)13(2)9(16)12-8(6)15/h17H,3-5,11H2,1-2H3,(H,12,15,16). The van der Waals surface area contributed by atoms with E-state index < -0.39 is 16.9 Å². The second-order valence-electron chi connectivity index (χ2n) is 4.49. The topological polar surface area (TPSA) is 104 Å². The third-order valence-electron chi connectivity index (χ3n) is 3.29. The monoisotopic (exact) mass is 240 g/mol. The molecule has 94 valence electrons. The first-order chi connectivity index (χ1) is 7.88. The van der Waals surface area contributed by atoms with Crippen molar-refractivity contribution in [3.8, 4) is 0 Å². The second-order valence-corrected chi connectivity index (χ2v) is 4.49. The number of nitrogens with zero attached hydrogens (tertiary/aromatic N) is 2. The van der Waals surface area contributed by atoms with Crippen LogP contribution in [0.2, 0.25) is 0 Å².